The number of rotatable bonds is 6. The first-order chi connectivity index (χ1) is 7.77. The molecule has 1 aromatic rings. The molecule has 88 valence electrons. The van der Waals surface area contributed by atoms with E-state index in [9.17, 15) is 4.79 Å². The zero-order valence-corrected chi connectivity index (χ0v) is 9.31. The van der Waals surface area contributed by atoms with E-state index < -0.39 is 0 Å². The average molecular weight is 224 g/mol. The highest BCUT2D eigenvalue weighted by atomic mass is 16.5. The van der Waals surface area contributed by atoms with Crippen LogP contribution in [-0.4, -0.2) is 30.9 Å². The molecule has 0 saturated heterocycles. The number of esters is 1. The van der Waals surface area contributed by atoms with E-state index in [2.05, 4.69) is 0 Å². The molecule has 1 aromatic carbocycles. The topological polar surface area (TPSA) is 55.8 Å². The van der Waals surface area contributed by atoms with E-state index in [1.807, 2.05) is 6.92 Å². The lowest BCUT2D eigenvalue weighted by molar-refractivity contribution is 0.0482. The van der Waals surface area contributed by atoms with Crippen LogP contribution in [0.5, 0.6) is 5.75 Å². The average Bonchev–Trinajstić information content (AvgIpc) is 2.30. The van der Waals surface area contributed by atoms with Crippen molar-refractivity contribution in [1.82, 2.24) is 0 Å². The molecular weight excluding hydrogens is 208 g/mol. The fraction of sp³-hybridized carbons (Fsp3) is 0.417. The van der Waals surface area contributed by atoms with E-state index in [0.29, 0.717) is 18.6 Å². The molecule has 1 rings (SSSR count). The molecule has 4 heteroatoms. The summed E-state index contributed by atoms with van der Waals surface area (Å²) < 4.78 is 10.2. The third kappa shape index (κ3) is 3.90. The Labute approximate surface area is 94.8 Å². The largest absolute Gasteiger partial charge is 0.494 e. The number of benzene rings is 1. The van der Waals surface area contributed by atoms with Crippen molar-refractivity contribution in [2.24, 2.45) is 0 Å². The standard InChI is InChI=1S/C12H16O4/c1-2-15-11-6-4-10(5-7-11)12(14)16-9-3-8-13/h4-7,13H,2-3,8-9H2,1H3. The maximum absolute atomic E-state index is 11.4. The lowest BCUT2D eigenvalue weighted by Gasteiger charge is -2.05. The van der Waals surface area contributed by atoms with Gasteiger partial charge in [-0.1, -0.05) is 0 Å². The molecule has 0 saturated carbocycles. The van der Waals surface area contributed by atoms with Crippen LogP contribution in [0.4, 0.5) is 0 Å². The fourth-order valence-electron chi connectivity index (χ4n) is 1.17. The van der Waals surface area contributed by atoms with Gasteiger partial charge in [0.05, 0.1) is 18.8 Å². The third-order valence-corrected chi connectivity index (χ3v) is 1.94. The normalized spacial score (nSPS) is 9.88. The summed E-state index contributed by atoms with van der Waals surface area (Å²) in [6.45, 7) is 2.76. The monoisotopic (exact) mass is 224 g/mol. The summed E-state index contributed by atoms with van der Waals surface area (Å²) in [5.41, 5.74) is 0.487. The van der Waals surface area contributed by atoms with Crippen molar-refractivity contribution < 1.29 is 19.4 Å². The van der Waals surface area contributed by atoms with Crippen LogP contribution in [0.15, 0.2) is 24.3 Å². The molecule has 0 amide bonds. The summed E-state index contributed by atoms with van der Waals surface area (Å²) in [5, 5.41) is 8.54. The van der Waals surface area contributed by atoms with Gasteiger partial charge in [-0.3, -0.25) is 0 Å². The van der Waals surface area contributed by atoms with Crippen LogP contribution in [0.3, 0.4) is 0 Å². The minimum atomic E-state index is -0.378. The predicted octanol–water partition coefficient (Wildman–Crippen LogP) is 1.62. The Balaban J connectivity index is 2.49. The van der Waals surface area contributed by atoms with Gasteiger partial charge in [-0.05, 0) is 31.2 Å². The highest BCUT2D eigenvalue weighted by Crippen LogP contribution is 2.12. The molecule has 0 aliphatic rings. The molecule has 0 atom stereocenters. The zero-order valence-electron chi connectivity index (χ0n) is 9.31. The lowest BCUT2D eigenvalue weighted by atomic mass is 10.2. The van der Waals surface area contributed by atoms with Crippen molar-refractivity contribution in [2.45, 2.75) is 13.3 Å². The molecule has 4 nitrogen and oxygen atoms in total. The van der Waals surface area contributed by atoms with E-state index >= 15 is 0 Å². The Kier molecular flexibility index (Phi) is 5.36. The first-order valence-electron chi connectivity index (χ1n) is 5.28. The van der Waals surface area contributed by atoms with Gasteiger partial charge >= 0.3 is 5.97 Å². The van der Waals surface area contributed by atoms with Gasteiger partial charge in [0.2, 0.25) is 0 Å². The molecule has 0 fully saturated rings. The van der Waals surface area contributed by atoms with E-state index in [4.69, 9.17) is 14.6 Å². The van der Waals surface area contributed by atoms with Crippen molar-refractivity contribution in [3.05, 3.63) is 29.8 Å². The second kappa shape index (κ2) is 6.85. The zero-order chi connectivity index (χ0) is 11.8. The van der Waals surface area contributed by atoms with E-state index in [-0.39, 0.29) is 19.2 Å². The van der Waals surface area contributed by atoms with Crippen molar-refractivity contribution in [1.29, 1.82) is 0 Å². The highest BCUT2D eigenvalue weighted by molar-refractivity contribution is 5.89. The predicted molar refractivity (Wildman–Crippen MR) is 59.6 cm³/mol. The van der Waals surface area contributed by atoms with Crippen LogP contribution in [0.2, 0.25) is 0 Å². The minimum Gasteiger partial charge on any atom is -0.494 e. The van der Waals surface area contributed by atoms with Crippen molar-refractivity contribution in [3.8, 4) is 5.75 Å². The molecule has 16 heavy (non-hydrogen) atoms. The SMILES string of the molecule is CCOc1ccc(C(=O)OCCCO)cc1. The van der Waals surface area contributed by atoms with Gasteiger partial charge in [-0.2, -0.15) is 0 Å². The molecule has 0 heterocycles. The molecule has 0 aliphatic carbocycles. The number of carbonyl (C=O) groups is 1. The van der Waals surface area contributed by atoms with Gasteiger partial charge in [0.1, 0.15) is 5.75 Å². The molecule has 0 radical (unpaired) electrons. The van der Waals surface area contributed by atoms with Gasteiger partial charge in [-0.15, -0.1) is 0 Å². The van der Waals surface area contributed by atoms with Crippen LogP contribution >= 0.6 is 0 Å². The maximum Gasteiger partial charge on any atom is 0.338 e. The summed E-state index contributed by atoms with van der Waals surface area (Å²) in [6, 6.07) is 6.77. The Morgan fingerprint density at radius 1 is 1.31 bits per heavy atom. The summed E-state index contributed by atoms with van der Waals surface area (Å²) >= 11 is 0. The molecule has 0 bridgehead atoms. The molecular formula is C12H16O4. The van der Waals surface area contributed by atoms with Crippen LogP contribution in [0.25, 0.3) is 0 Å². The minimum absolute atomic E-state index is 0.0244. The summed E-state index contributed by atoms with van der Waals surface area (Å²) in [4.78, 5) is 11.4. The Morgan fingerprint density at radius 3 is 2.56 bits per heavy atom. The molecule has 0 aliphatic heterocycles. The van der Waals surface area contributed by atoms with Crippen LogP contribution in [-0.2, 0) is 4.74 Å². The van der Waals surface area contributed by atoms with E-state index in [0.717, 1.165) is 5.75 Å². The first-order valence-corrected chi connectivity index (χ1v) is 5.28. The third-order valence-electron chi connectivity index (χ3n) is 1.94. The number of aliphatic hydroxyl groups excluding tert-OH is 1. The van der Waals surface area contributed by atoms with Crippen molar-refractivity contribution >= 4 is 5.97 Å². The second-order valence-electron chi connectivity index (χ2n) is 3.17. The smallest absolute Gasteiger partial charge is 0.338 e. The number of hydrogen-bond acceptors (Lipinski definition) is 4. The highest BCUT2D eigenvalue weighted by Gasteiger charge is 2.06. The molecule has 1 N–H and O–H groups in total. The Bertz CT molecular complexity index is 318. The number of aliphatic hydroxyl groups is 1. The van der Waals surface area contributed by atoms with Crippen LogP contribution in [0.1, 0.15) is 23.7 Å². The molecule has 0 unspecified atom stereocenters. The van der Waals surface area contributed by atoms with Gasteiger partial charge < -0.3 is 14.6 Å². The van der Waals surface area contributed by atoms with E-state index in [1.54, 1.807) is 24.3 Å². The summed E-state index contributed by atoms with van der Waals surface area (Å²) in [7, 11) is 0. The van der Waals surface area contributed by atoms with Crippen LogP contribution < -0.4 is 4.74 Å². The fourth-order valence-corrected chi connectivity index (χ4v) is 1.17. The van der Waals surface area contributed by atoms with Gasteiger partial charge in [0.15, 0.2) is 0 Å². The molecule has 0 aromatic heterocycles. The number of ether oxygens (including phenoxy) is 2. The lowest BCUT2D eigenvalue weighted by Crippen LogP contribution is -2.07. The summed E-state index contributed by atoms with van der Waals surface area (Å²) in [5.74, 6) is 0.353. The number of carbonyl (C=O) groups excluding carboxylic acids is 1. The van der Waals surface area contributed by atoms with Gasteiger partial charge in [0.25, 0.3) is 0 Å². The Hall–Kier alpha value is -1.55. The first kappa shape index (κ1) is 12.5. The Morgan fingerprint density at radius 2 is 2.00 bits per heavy atom. The quantitative estimate of drug-likeness (QED) is 0.589. The molecule has 0 spiro atoms. The van der Waals surface area contributed by atoms with Gasteiger partial charge in [0, 0.05) is 13.0 Å². The van der Waals surface area contributed by atoms with E-state index in [1.165, 1.54) is 0 Å². The van der Waals surface area contributed by atoms with Crippen molar-refractivity contribution in [2.75, 3.05) is 19.8 Å². The summed E-state index contributed by atoms with van der Waals surface area (Å²) in [6.07, 6.45) is 0.461. The van der Waals surface area contributed by atoms with Crippen molar-refractivity contribution in [3.63, 3.8) is 0 Å². The van der Waals surface area contributed by atoms with Crippen LogP contribution in [0, 0.1) is 0 Å². The maximum atomic E-state index is 11.4. The second-order valence-corrected chi connectivity index (χ2v) is 3.17. The van der Waals surface area contributed by atoms with Gasteiger partial charge in [-0.25, -0.2) is 4.79 Å². The number of hydrogen-bond donors (Lipinski definition) is 1.